The summed E-state index contributed by atoms with van der Waals surface area (Å²) in [6, 6.07) is 0.601. The Morgan fingerprint density at radius 3 is 2.75 bits per heavy atom. The van der Waals surface area contributed by atoms with Gasteiger partial charge in [-0.3, -0.25) is 4.79 Å². The molecule has 0 radical (unpaired) electrons. The third-order valence-corrected chi connectivity index (χ3v) is 3.82. The lowest BCUT2D eigenvalue weighted by atomic mass is 9.91. The first kappa shape index (κ1) is 11.5. The summed E-state index contributed by atoms with van der Waals surface area (Å²) >= 11 is 1.33. The SMILES string of the molecule is Cc1nscc1C(=O)N[C@H]1CC[C@H](N)CC1. The molecule has 1 fully saturated rings. The molecule has 1 aliphatic rings. The lowest BCUT2D eigenvalue weighted by molar-refractivity contribution is 0.0925. The minimum absolute atomic E-state index is 0.00622. The van der Waals surface area contributed by atoms with Crippen LogP contribution >= 0.6 is 11.5 Å². The Bertz CT molecular complexity index is 369. The third kappa shape index (κ3) is 2.59. The molecule has 1 aromatic heterocycles. The summed E-state index contributed by atoms with van der Waals surface area (Å²) in [4.78, 5) is 11.9. The van der Waals surface area contributed by atoms with E-state index in [2.05, 4.69) is 9.69 Å². The number of aromatic nitrogens is 1. The Balaban J connectivity index is 1.91. The second kappa shape index (κ2) is 4.93. The molecule has 16 heavy (non-hydrogen) atoms. The summed E-state index contributed by atoms with van der Waals surface area (Å²) in [5.41, 5.74) is 7.35. The minimum atomic E-state index is 0.00622. The molecule has 0 unspecified atom stereocenters. The van der Waals surface area contributed by atoms with Crippen LogP contribution in [0.2, 0.25) is 0 Å². The number of rotatable bonds is 2. The minimum Gasteiger partial charge on any atom is -0.349 e. The van der Waals surface area contributed by atoms with E-state index in [1.165, 1.54) is 11.5 Å². The highest BCUT2D eigenvalue weighted by Crippen LogP contribution is 2.18. The van der Waals surface area contributed by atoms with E-state index < -0.39 is 0 Å². The molecule has 2 rings (SSSR count). The van der Waals surface area contributed by atoms with Crippen molar-refractivity contribution in [3.8, 4) is 0 Å². The maximum Gasteiger partial charge on any atom is 0.254 e. The molecular formula is C11H17N3OS. The summed E-state index contributed by atoms with van der Waals surface area (Å²) in [7, 11) is 0. The summed E-state index contributed by atoms with van der Waals surface area (Å²) < 4.78 is 4.10. The highest BCUT2D eigenvalue weighted by atomic mass is 32.1. The Morgan fingerprint density at radius 1 is 1.50 bits per heavy atom. The van der Waals surface area contributed by atoms with E-state index in [9.17, 15) is 4.79 Å². The van der Waals surface area contributed by atoms with Gasteiger partial charge in [0.25, 0.3) is 5.91 Å². The fraction of sp³-hybridized carbons (Fsp3) is 0.636. The van der Waals surface area contributed by atoms with Crippen LogP contribution < -0.4 is 11.1 Å². The molecule has 3 N–H and O–H groups in total. The van der Waals surface area contributed by atoms with E-state index in [4.69, 9.17) is 5.73 Å². The van der Waals surface area contributed by atoms with Gasteiger partial charge in [-0.05, 0) is 44.1 Å². The number of hydrogen-bond donors (Lipinski definition) is 2. The maximum atomic E-state index is 11.9. The van der Waals surface area contributed by atoms with Crippen molar-refractivity contribution in [3.05, 3.63) is 16.6 Å². The smallest absolute Gasteiger partial charge is 0.254 e. The monoisotopic (exact) mass is 239 g/mol. The molecule has 88 valence electrons. The van der Waals surface area contributed by atoms with Crippen LogP contribution in [-0.4, -0.2) is 22.4 Å². The second-order valence-corrected chi connectivity index (χ2v) is 5.03. The number of nitrogens with zero attached hydrogens (tertiary/aromatic N) is 1. The zero-order chi connectivity index (χ0) is 11.5. The van der Waals surface area contributed by atoms with Gasteiger partial charge in [0, 0.05) is 17.5 Å². The van der Waals surface area contributed by atoms with Crippen molar-refractivity contribution in [2.45, 2.75) is 44.7 Å². The van der Waals surface area contributed by atoms with Gasteiger partial charge < -0.3 is 11.1 Å². The standard InChI is InChI=1S/C11H17N3OS/c1-7-10(6-16-14-7)11(15)13-9-4-2-8(12)3-5-9/h6,8-9H,2-5,12H2,1H3,(H,13,15)/t8-,9-. The van der Waals surface area contributed by atoms with Crippen LogP contribution in [0, 0.1) is 6.92 Å². The van der Waals surface area contributed by atoms with E-state index in [1.54, 1.807) is 5.38 Å². The van der Waals surface area contributed by atoms with Crippen LogP contribution in [-0.2, 0) is 0 Å². The average molecular weight is 239 g/mol. The molecule has 0 saturated heterocycles. The van der Waals surface area contributed by atoms with Gasteiger partial charge in [-0.2, -0.15) is 4.37 Å². The zero-order valence-corrected chi connectivity index (χ0v) is 10.2. The largest absolute Gasteiger partial charge is 0.349 e. The van der Waals surface area contributed by atoms with Crippen LogP contribution in [0.5, 0.6) is 0 Å². The van der Waals surface area contributed by atoms with Gasteiger partial charge in [-0.25, -0.2) is 0 Å². The van der Waals surface area contributed by atoms with E-state index in [-0.39, 0.29) is 11.9 Å². The fourth-order valence-corrected chi connectivity index (χ4v) is 2.73. The van der Waals surface area contributed by atoms with E-state index in [1.807, 2.05) is 6.92 Å². The first-order valence-corrected chi connectivity index (χ1v) is 6.48. The van der Waals surface area contributed by atoms with Gasteiger partial charge in [-0.15, -0.1) is 0 Å². The summed E-state index contributed by atoms with van der Waals surface area (Å²) in [6.07, 6.45) is 3.99. The van der Waals surface area contributed by atoms with Gasteiger partial charge in [-0.1, -0.05) is 0 Å². The Labute approximate surface area is 99.4 Å². The van der Waals surface area contributed by atoms with Crippen molar-refractivity contribution < 1.29 is 4.79 Å². The average Bonchev–Trinajstić information content (AvgIpc) is 2.68. The molecule has 1 heterocycles. The van der Waals surface area contributed by atoms with E-state index in [0.717, 1.165) is 31.4 Å². The van der Waals surface area contributed by atoms with Crippen molar-refractivity contribution in [3.63, 3.8) is 0 Å². The molecular weight excluding hydrogens is 222 g/mol. The molecule has 0 aliphatic heterocycles. The first-order valence-electron chi connectivity index (χ1n) is 5.64. The van der Waals surface area contributed by atoms with E-state index >= 15 is 0 Å². The molecule has 1 aromatic rings. The highest BCUT2D eigenvalue weighted by Gasteiger charge is 2.21. The molecule has 0 spiro atoms. The normalized spacial score (nSPS) is 25.4. The lowest BCUT2D eigenvalue weighted by Gasteiger charge is -2.26. The number of carbonyl (C=O) groups excluding carboxylic acids is 1. The zero-order valence-electron chi connectivity index (χ0n) is 9.40. The van der Waals surface area contributed by atoms with Crippen LogP contribution in [0.3, 0.4) is 0 Å². The molecule has 0 aromatic carbocycles. The molecule has 0 atom stereocenters. The molecule has 4 nitrogen and oxygen atoms in total. The van der Waals surface area contributed by atoms with Gasteiger partial charge in [0.15, 0.2) is 0 Å². The number of amides is 1. The van der Waals surface area contributed by atoms with Crippen LogP contribution in [0.25, 0.3) is 0 Å². The van der Waals surface area contributed by atoms with Gasteiger partial charge in [0.1, 0.15) is 0 Å². The van der Waals surface area contributed by atoms with Crippen molar-refractivity contribution >= 4 is 17.4 Å². The van der Waals surface area contributed by atoms with Crippen molar-refractivity contribution in [2.24, 2.45) is 5.73 Å². The van der Waals surface area contributed by atoms with Gasteiger partial charge >= 0.3 is 0 Å². The Morgan fingerprint density at radius 2 is 2.19 bits per heavy atom. The maximum absolute atomic E-state index is 11.9. The molecule has 5 heteroatoms. The number of aryl methyl sites for hydroxylation is 1. The van der Waals surface area contributed by atoms with Crippen LogP contribution in [0.4, 0.5) is 0 Å². The van der Waals surface area contributed by atoms with Gasteiger partial charge in [0.2, 0.25) is 0 Å². The Hall–Kier alpha value is -0.940. The number of nitrogens with one attached hydrogen (secondary N) is 1. The number of hydrogen-bond acceptors (Lipinski definition) is 4. The number of carbonyl (C=O) groups is 1. The Kier molecular flexibility index (Phi) is 3.56. The van der Waals surface area contributed by atoms with E-state index in [0.29, 0.717) is 11.6 Å². The van der Waals surface area contributed by atoms with Crippen molar-refractivity contribution in [1.29, 1.82) is 0 Å². The second-order valence-electron chi connectivity index (χ2n) is 4.40. The molecule has 1 aliphatic carbocycles. The summed E-state index contributed by atoms with van der Waals surface area (Å²) in [6.45, 7) is 1.86. The van der Waals surface area contributed by atoms with Gasteiger partial charge in [0.05, 0.1) is 11.3 Å². The molecule has 1 saturated carbocycles. The topological polar surface area (TPSA) is 68.0 Å². The quantitative estimate of drug-likeness (QED) is 0.821. The first-order chi connectivity index (χ1) is 7.66. The predicted molar refractivity (Wildman–Crippen MR) is 64.5 cm³/mol. The third-order valence-electron chi connectivity index (χ3n) is 3.10. The molecule has 0 bridgehead atoms. The summed E-state index contributed by atoms with van der Waals surface area (Å²) in [5.74, 6) is 0.00622. The predicted octanol–water partition coefficient (Wildman–Crippen LogP) is 1.45. The highest BCUT2D eigenvalue weighted by molar-refractivity contribution is 7.03. The molecule has 1 amide bonds. The summed E-state index contributed by atoms with van der Waals surface area (Å²) in [5, 5.41) is 4.86. The lowest BCUT2D eigenvalue weighted by Crippen LogP contribution is -2.40. The number of nitrogens with two attached hydrogens (primary N) is 1. The fourth-order valence-electron chi connectivity index (χ4n) is 2.04. The van der Waals surface area contributed by atoms with Crippen LogP contribution in [0.1, 0.15) is 41.7 Å². The van der Waals surface area contributed by atoms with Crippen molar-refractivity contribution in [1.82, 2.24) is 9.69 Å². The van der Waals surface area contributed by atoms with Crippen molar-refractivity contribution in [2.75, 3.05) is 0 Å². The van der Waals surface area contributed by atoms with Crippen LogP contribution in [0.15, 0.2) is 5.38 Å².